The molecule has 0 aliphatic heterocycles. The Bertz CT molecular complexity index is 443. The van der Waals surface area contributed by atoms with Gasteiger partial charge in [0.1, 0.15) is 0 Å². The van der Waals surface area contributed by atoms with Crippen molar-refractivity contribution >= 4 is 11.6 Å². The molecule has 1 aromatic carbocycles. The van der Waals surface area contributed by atoms with Crippen molar-refractivity contribution in [3.05, 3.63) is 29.3 Å². The van der Waals surface area contributed by atoms with Crippen molar-refractivity contribution in [2.75, 3.05) is 46.1 Å². The molecule has 4 heteroatoms. The molecule has 112 valence electrons. The maximum Gasteiger partial charge on any atom is 0.253 e. The summed E-state index contributed by atoms with van der Waals surface area (Å²) in [6.07, 6.45) is 0.990. The number of amides is 1. The van der Waals surface area contributed by atoms with Crippen molar-refractivity contribution in [1.29, 1.82) is 0 Å². The zero-order chi connectivity index (χ0) is 15.1. The van der Waals surface area contributed by atoms with Crippen molar-refractivity contribution in [2.45, 2.75) is 20.3 Å². The Hall–Kier alpha value is -1.55. The number of anilines is 1. The molecule has 0 bridgehead atoms. The minimum atomic E-state index is 0.101. The fourth-order valence-corrected chi connectivity index (χ4v) is 2.15. The second-order valence-corrected chi connectivity index (χ2v) is 5.44. The average molecular weight is 277 g/mol. The number of nitrogens with zero attached hydrogens (tertiary/aromatic N) is 2. The zero-order valence-corrected chi connectivity index (χ0v) is 13.4. The Labute approximate surface area is 122 Å². The molecule has 0 saturated heterocycles. The summed E-state index contributed by atoms with van der Waals surface area (Å²) in [4.78, 5) is 16.3. The molecule has 20 heavy (non-hydrogen) atoms. The number of rotatable bonds is 7. The Morgan fingerprint density at radius 2 is 1.90 bits per heavy atom. The lowest BCUT2D eigenvalue weighted by Gasteiger charge is -2.20. The van der Waals surface area contributed by atoms with Gasteiger partial charge < -0.3 is 15.1 Å². The highest BCUT2D eigenvalue weighted by Gasteiger charge is 2.14. The van der Waals surface area contributed by atoms with Gasteiger partial charge in [0.15, 0.2) is 0 Å². The highest BCUT2D eigenvalue weighted by Crippen LogP contribution is 2.16. The van der Waals surface area contributed by atoms with Gasteiger partial charge in [0.05, 0.1) is 0 Å². The van der Waals surface area contributed by atoms with Crippen LogP contribution in [0.25, 0.3) is 0 Å². The molecule has 0 aromatic heterocycles. The molecule has 0 heterocycles. The van der Waals surface area contributed by atoms with Gasteiger partial charge >= 0.3 is 0 Å². The second kappa shape index (κ2) is 7.90. The maximum atomic E-state index is 12.4. The van der Waals surface area contributed by atoms with E-state index in [-0.39, 0.29) is 5.91 Å². The van der Waals surface area contributed by atoms with E-state index in [1.54, 1.807) is 4.90 Å². The topological polar surface area (TPSA) is 35.6 Å². The molecular formula is C16H27N3O. The van der Waals surface area contributed by atoms with Crippen molar-refractivity contribution in [2.24, 2.45) is 0 Å². The van der Waals surface area contributed by atoms with E-state index >= 15 is 0 Å². The van der Waals surface area contributed by atoms with Gasteiger partial charge in [0.2, 0.25) is 0 Å². The number of nitrogens with one attached hydrogen (secondary N) is 1. The SMILES string of the molecule is CCNc1ccc(C(=O)N(C)CCCN(C)C)c(C)c1. The van der Waals surface area contributed by atoms with Gasteiger partial charge in [-0.05, 0) is 64.7 Å². The number of carbonyl (C=O) groups is 1. The van der Waals surface area contributed by atoms with Crippen LogP contribution in [0, 0.1) is 6.92 Å². The zero-order valence-electron chi connectivity index (χ0n) is 13.4. The summed E-state index contributed by atoms with van der Waals surface area (Å²) in [5.41, 5.74) is 2.88. The van der Waals surface area contributed by atoms with Gasteiger partial charge in [0, 0.05) is 31.4 Å². The molecule has 0 fully saturated rings. The fourth-order valence-electron chi connectivity index (χ4n) is 2.15. The summed E-state index contributed by atoms with van der Waals surface area (Å²) in [5, 5.41) is 3.26. The van der Waals surface area contributed by atoms with Crippen LogP contribution in [0.2, 0.25) is 0 Å². The first kappa shape index (κ1) is 16.5. The van der Waals surface area contributed by atoms with E-state index in [4.69, 9.17) is 0 Å². The minimum Gasteiger partial charge on any atom is -0.385 e. The monoisotopic (exact) mass is 277 g/mol. The van der Waals surface area contributed by atoms with E-state index in [0.717, 1.165) is 42.9 Å². The second-order valence-electron chi connectivity index (χ2n) is 5.44. The highest BCUT2D eigenvalue weighted by atomic mass is 16.2. The standard InChI is InChI=1S/C16H27N3O/c1-6-17-14-8-9-15(13(2)12-14)16(20)19(5)11-7-10-18(3)4/h8-9,12,17H,6-7,10-11H2,1-5H3. The summed E-state index contributed by atoms with van der Waals surface area (Å²) < 4.78 is 0. The van der Waals surface area contributed by atoms with Crippen LogP contribution in [0.1, 0.15) is 29.3 Å². The van der Waals surface area contributed by atoms with Gasteiger partial charge in [-0.2, -0.15) is 0 Å². The van der Waals surface area contributed by atoms with Crippen LogP contribution in [0.3, 0.4) is 0 Å². The molecule has 1 N–H and O–H groups in total. The van der Waals surface area contributed by atoms with Crippen LogP contribution in [-0.4, -0.2) is 56.5 Å². The summed E-state index contributed by atoms with van der Waals surface area (Å²) >= 11 is 0. The van der Waals surface area contributed by atoms with Gasteiger partial charge in [-0.15, -0.1) is 0 Å². The van der Waals surface area contributed by atoms with Crippen LogP contribution in [-0.2, 0) is 0 Å². The van der Waals surface area contributed by atoms with E-state index < -0.39 is 0 Å². The number of aryl methyl sites for hydroxylation is 1. The summed E-state index contributed by atoms with van der Waals surface area (Å²) in [6, 6.07) is 5.92. The Balaban J connectivity index is 2.66. The third-order valence-electron chi connectivity index (χ3n) is 3.28. The molecule has 0 spiro atoms. The van der Waals surface area contributed by atoms with Crippen molar-refractivity contribution < 1.29 is 4.79 Å². The summed E-state index contributed by atoms with van der Waals surface area (Å²) in [5.74, 6) is 0.101. The molecule has 0 radical (unpaired) electrons. The van der Waals surface area contributed by atoms with E-state index in [2.05, 4.69) is 17.1 Å². The van der Waals surface area contributed by atoms with Crippen molar-refractivity contribution in [1.82, 2.24) is 9.80 Å². The summed E-state index contributed by atoms with van der Waals surface area (Å²) in [6.45, 7) is 6.72. The number of carbonyl (C=O) groups excluding carboxylic acids is 1. The molecule has 1 rings (SSSR count). The van der Waals surface area contributed by atoms with E-state index in [1.807, 2.05) is 46.3 Å². The molecule has 0 aliphatic carbocycles. The van der Waals surface area contributed by atoms with Gasteiger partial charge in [-0.3, -0.25) is 4.79 Å². The third kappa shape index (κ3) is 4.85. The van der Waals surface area contributed by atoms with Crippen molar-refractivity contribution in [3.8, 4) is 0 Å². The first-order valence-electron chi connectivity index (χ1n) is 7.20. The molecule has 0 atom stereocenters. The van der Waals surface area contributed by atoms with Crippen molar-refractivity contribution in [3.63, 3.8) is 0 Å². The predicted molar refractivity (Wildman–Crippen MR) is 85.5 cm³/mol. The molecule has 1 aromatic rings. The van der Waals surface area contributed by atoms with Gasteiger partial charge in [0.25, 0.3) is 5.91 Å². The third-order valence-corrected chi connectivity index (χ3v) is 3.28. The number of hydrogen-bond donors (Lipinski definition) is 1. The lowest BCUT2D eigenvalue weighted by atomic mass is 10.1. The van der Waals surface area contributed by atoms with Crippen LogP contribution < -0.4 is 5.32 Å². The van der Waals surface area contributed by atoms with Crippen LogP contribution in [0.5, 0.6) is 0 Å². The number of hydrogen-bond acceptors (Lipinski definition) is 3. The van der Waals surface area contributed by atoms with Gasteiger partial charge in [-0.1, -0.05) is 0 Å². The normalized spacial score (nSPS) is 10.7. The summed E-state index contributed by atoms with van der Waals surface area (Å²) in [7, 11) is 5.96. The molecular weight excluding hydrogens is 250 g/mol. The lowest BCUT2D eigenvalue weighted by Crippen LogP contribution is -2.30. The quantitative estimate of drug-likeness (QED) is 0.831. The van der Waals surface area contributed by atoms with E-state index in [9.17, 15) is 4.79 Å². The molecule has 0 aliphatic rings. The minimum absolute atomic E-state index is 0.101. The molecule has 0 unspecified atom stereocenters. The van der Waals surface area contributed by atoms with E-state index in [0.29, 0.717) is 0 Å². The van der Waals surface area contributed by atoms with Crippen LogP contribution >= 0.6 is 0 Å². The molecule has 1 amide bonds. The Morgan fingerprint density at radius 3 is 2.45 bits per heavy atom. The smallest absolute Gasteiger partial charge is 0.253 e. The first-order chi connectivity index (χ1) is 9.45. The molecule has 4 nitrogen and oxygen atoms in total. The average Bonchev–Trinajstić information content (AvgIpc) is 2.38. The largest absolute Gasteiger partial charge is 0.385 e. The van der Waals surface area contributed by atoms with E-state index in [1.165, 1.54) is 0 Å². The first-order valence-corrected chi connectivity index (χ1v) is 7.20. The highest BCUT2D eigenvalue weighted by molar-refractivity contribution is 5.95. The number of benzene rings is 1. The van der Waals surface area contributed by atoms with Gasteiger partial charge in [-0.25, -0.2) is 0 Å². The predicted octanol–water partition coefficient (Wildman–Crippen LogP) is 2.45. The molecule has 0 saturated carbocycles. The van der Waals surface area contributed by atoms with Crippen LogP contribution in [0.15, 0.2) is 18.2 Å². The lowest BCUT2D eigenvalue weighted by molar-refractivity contribution is 0.0790. The fraction of sp³-hybridized carbons (Fsp3) is 0.562. The maximum absolute atomic E-state index is 12.4. The Morgan fingerprint density at radius 1 is 1.20 bits per heavy atom. The Kier molecular flexibility index (Phi) is 6.52. The van der Waals surface area contributed by atoms with Crippen LogP contribution in [0.4, 0.5) is 5.69 Å².